The van der Waals surface area contributed by atoms with Crippen LogP contribution < -0.4 is 0 Å². The van der Waals surface area contributed by atoms with Gasteiger partial charge in [-0.2, -0.15) is 0 Å². The third kappa shape index (κ3) is 3.31. The molecule has 2 heterocycles. The van der Waals surface area contributed by atoms with Crippen LogP contribution in [-0.2, 0) is 11.3 Å². The molecule has 2 atom stereocenters. The molecule has 0 radical (unpaired) electrons. The first-order chi connectivity index (χ1) is 12.2. The Labute approximate surface area is 147 Å². The Morgan fingerprint density at radius 3 is 2.60 bits per heavy atom. The second-order valence-electron chi connectivity index (χ2n) is 7.20. The third-order valence-corrected chi connectivity index (χ3v) is 5.56. The Balaban J connectivity index is 1.50. The van der Waals surface area contributed by atoms with Crippen molar-refractivity contribution in [2.75, 3.05) is 20.2 Å². The molecule has 4 rings (SSSR count). The number of rotatable bonds is 4. The highest BCUT2D eigenvalue weighted by Gasteiger charge is 2.41. The Morgan fingerprint density at radius 2 is 1.92 bits per heavy atom. The summed E-state index contributed by atoms with van der Waals surface area (Å²) in [6.07, 6.45) is 5.46. The molecule has 0 spiro atoms. The largest absolute Gasteiger partial charge is 0.464 e. The quantitative estimate of drug-likeness (QED) is 0.801. The standard InChI is InChI=1S/C19H24N4O2/c1-25-19(24)17-13-23(21-20-17)18-15-8-5-9-16(18)12-22(11-15)10-14-6-3-2-4-7-14/h2-4,6-7,13,15-16,18H,5,8-12H2,1H3. The summed E-state index contributed by atoms with van der Waals surface area (Å²) in [5, 5.41) is 8.25. The van der Waals surface area contributed by atoms with Crippen LogP contribution in [0.25, 0.3) is 0 Å². The van der Waals surface area contributed by atoms with Crippen LogP contribution in [0.1, 0.15) is 41.4 Å². The minimum absolute atomic E-state index is 0.298. The fourth-order valence-corrected chi connectivity index (χ4v) is 4.53. The monoisotopic (exact) mass is 340 g/mol. The van der Waals surface area contributed by atoms with E-state index in [-0.39, 0.29) is 0 Å². The molecule has 1 aliphatic heterocycles. The molecular formula is C19H24N4O2. The van der Waals surface area contributed by atoms with Gasteiger partial charge in [0.05, 0.1) is 19.3 Å². The Morgan fingerprint density at radius 1 is 1.20 bits per heavy atom. The maximum atomic E-state index is 11.7. The van der Waals surface area contributed by atoms with Gasteiger partial charge in [0.2, 0.25) is 0 Å². The molecule has 1 aliphatic carbocycles. The lowest BCUT2D eigenvalue weighted by Gasteiger charge is -2.47. The van der Waals surface area contributed by atoms with Crippen LogP contribution in [0.2, 0.25) is 0 Å². The molecule has 6 nitrogen and oxygen atoms in total. The van der Waals surface area contributed by atoms with Crippen LogP contribution in [0, 0.1) is 11.8 Å². The fraction of sp³-hybridized carbons (Fsp3) is 0.526. The van der Waals surface area contributed by atoms with E-state index in [2.05, 4.69) is 45.5 Å². The maximum absolute atomic E-state index is 11.7. The number of esters is 1. The van der Waals surface area contributed by atoms with E-state index < -0.39 is 5.97 Å². The Kier molecular flexibility index (Phi) is 4.53. The van der Waals surface area contributed by atoms with Crippen molar-refractivity contribution in [3.8, 4) is 0 Å². The van der Waals surface area contributed by atoms with Gasteiger partial charge in [-0.25, -0.2) is 9.48 Å². The van der Waals surface area contributed by atoms with Crippen molar-refractivity contribution in [1.82, 2.24) is 19.9 Å². The summed E-state index contributed by atoms with van der Waals surface area (Å²) < 4.78 is 6.67. The minimum atomic E-state index is -0.419. The zero-order valence-electron chi connectivity index (χ0n) is 14.5. The van der Waals surface area contributed by atoms with Crippen molar-refractivity contribution >= 4 is 5.97 Å². The first-order valence-corrected chi connectivity index (χ1v) is 9.01. The van der Waals surface area contributed by atoms with E-state index in [0.29, 0.717) is 23.6 Å². The van der Waals surface area contributed by atoms with Gasteiger partial charge in [-0.3, -0.25) is 4.90 Å². The van der Waals surface area contributed by atoms with Gasteiger partial charge in [0.1, 0.15) is 0 Å². The third-order valence-electron chi connectivity index (χ3n) is 5.56. The van der Waals surface area contributed by atoms with Crippen LogP contribution in [0.4, 0.5) is 0 Å². The molecule has 2 bridgehead atoms. The fourth-order valence-electron chi connectivity index (χ4n) is 4.53. The predicted octanol–water partition coefficient (Wildman–Crippen LogP) is 2.54. The lowest BCUT2D eigenvalue weighted by atomic mass is 9.73. The van der Waals surface area contributed by atoms with Gasteiger partial charge in [0, 0.05) is 19.6 Å². The number of piperidine rings is 1. The van der Waals surface area contributed by atoms with Crippen molar-refractivity contribution in [2.24, 2.45) is 11.8 Å². The number of carbonyl (C=O) groups excluding carboxylic acids is 1. The second-order valence-corrected chi connectivity index (χ2v) is 7.20. The summed E-state index contributed by atoms with van der Waals surface area (Å²) >= 11 is 0. The van der Waals surface area contributed by atoms with Gasteiger partial charge in [0.25, 0.3) is 0 Å². The van der Waals surface area contributed by atoms with Gasteiger partial charge < -0.3 is 4.74 Å². The van der Waals surface area contributed by atoms with Crippen LogP contribution >= 0.6 is 0 Å². The normalized spacial score (nSPS) is 26.4. The van der Waals surface area contributed by atoms with E-state index in [1.807, 2.05) is 4.68 Å². The average molecular weight is 340 g/mol. The number of nitrogens with zero attached hydrogens (tertiary/aromatic N) is 4. The van der Waals surface area contributed by atoms with E-state index in [0.717, 1.165) is 19.6 Å². The maximum Gasteiger partial charge on any atom is 0.360 e. The van der Waals surface area contributed by atoms with E-state index >= 15 is 0 Å². The van der Waals surface area contributed by atoms with E-state index in [1.165, 1.54) is 31.9 Å². The molecule has 6 heteroatoms. The average Bonchev–Trinajstić information content (AvgIpc) is 3.11. The first-order valence-electron chi connectivity index (χ1n) is 9.01. The second kappa shape index (κ2) is 6.96. The SMILES string of the molecule is COC(=O)c1cn(C2C3CCCC2CN(Cc2ccccc2)C3)nn1. The summed E-state index contributed by atoms with van der Waals surface area (Å²) in [5.74, 6) is 0.699. The predicted molar refractivity (Wildman–Crippen MR) is 92.9 cm³/mol. The number of fused-ring (bicyclic) bond motifs is 2. The molecular weight excluding hydrogens is 316 g/mol. The number of hydrogen-bond acceptors (Lipinski definition) is 5. The lowest BCUT2D eigenvalue weighted by Crippen LogP contribution is -2.49. The number of methoxy groups -OCH3 is 1. The van der Waals surface area contributed by atoms with Crippen molar-refractivity contribution in [3.05, 3.63) is 47.8 Å². The summed E-state index contributed by atoms with van der Waals surface area (Å²) in [6.45, 7) is 3.15. The van der Waals surface area contributed by atoms with Crippen LogP contribution in [0.3, 0.4) is 0 Å². The van der Waals surface area contributed by atoms with Gasteiger partial charge >= 0.3 is 5.97 Å². The van der Waals surface area contributed by atoms with Crippen molar-refractivity contribution in [1.29, 1.82) is 0 Å². The van der Waals surface area contributed by atoms with Crippen LogP contribution in [0.5, 0.6) is 0 Å². The van der Waals surface area contributed by atoms with Crippen LogP contribution in [-0.4, -0.2) is 46.1 Å². The van der Waals surface area contributed by atoms with Gasteiger partial charge in [-0.15, -0.1) is 5.10 Å². The molecule has 1 aromatic carbocycles. The summed E-state index contributed by atoms with van der Waals surface area (Å²) in [5.41, 5.74) is 1.67. The van der Waals surface area contributed by atoms with E-state index in [1.54, 1.807) is 6.20 Å². The molecule has 2 aliphatic rings. The number of ether oxygens (including phenoxy) is 1. The number of benzene rings is 1. The highest BCUT2D eigenvalue weighted by molar-refractivity contribution is 5.86. The molecule has 1 saturated heterocycles. The molecule has 2 fully saturated rings. The highest BCUT2D eigenvalue weighted by atomic mass is 16.5. The smallest absolute Gasteiger partial charge is 0.360 e. The number of carbonyl (C=O) groups is 1. The molecule has 25 heavy (non-hydrogen) atoms. The zero-order chi connectivity index (χ0) is 17.2. The van der Waals surface area contributed by atoms with E-state index in [9.17, 15) is 4.79 Å². The number of aromatic nitrogens is 3. The molecule has 1 aromatic heterocycles. The number of hydrogen-bond donors (Lipinski definition) is 0. The zero-order valence-corrected chi connectivity index (χ0v) is 14.5. The van der Waals surface area contributed by atoms with Crippen LogP contribution in [0.15, 0.2) is 36.5 Å². The molecule has 132 valence electrons. The molecule has 2 unspecified atom stereocenters. The van der Waals surface area contributed by atoms with Crippen molar-refractivity contribution in [3.63, 3.8) is 0 Å². The lowest BCUT2D eigenvalue weighted by molar-refractivity contribution is 0.0192. The molecule has 2 aromatic rings. The van der Waals surface area contributed by atoms with Gasteiger partial charge in [0.15, 0.2) is 5.69 Å². The number of likely N-dealkylation sites (tertiary alicyclic amines) is 1. The molecule has 0 amide bonds. The van der Waals surface area contributed by atoms with Crippen molar-refractivity contribution in [2.45, 2.75) is 31.8 Å². The van der Waals surface area contributed by atoms with Crippen molar-refractivity contribution < 1.29 is 9.53 Å². The highest BCUT2D eigenvalue weighted by Crippen LogP contribution is 2.42. The molecule has 1 saturated carbocycles. The minimum Gasteiger partial charge on any atom is -0.464 e. The summed E-state index contributed by atoms with van der Waals surface area (Å²) in [7, 11) is 1.37. The summed E-state index contributed by atoms with van der Waals surface area (Å²) in [6, 6.07) is 11.0. The van der Waals surface area contributed by atoms with E-state index in [4.69, 9.17) is 4.74 Å². The van der Waals surface area contributed by atoms with Gasteiger partial charge in [-0.05, 0) is 30.2 Å². The summed E-state index contributed by atoms with van der Waals surface area (Å²) in [4.78, 5) is 14.2. The Hall–Kier alpha value is -2.21. The molecule has 0 N–H and O–H groups in total. The first kappa shape index (κ1) is 16.3. The Bertz CT molecular complexity index is 716. The van der Waals surface area contributed by atoms with Gasteiger partial charge in [-0.1, -0.05) is 42.0 Å². The topological polar surface area (TPSA) is 60.2 Å².